The molecule has 1 amide bonds. The normalized spacial score (nSPS) is 14.4. The summed E-state index contributed by atoms with van der Waals surface area (Å²) in [7, 11) is 0. The smallest absolute Gasteiger partial charge is 0.262 e. The summed E-state index contributed by atoms with van der Waals surface area (Å²) in [4.78, 5) is 32.9. The number of anilines is 1. The molecule has 5 nitrogen and oxygen atoms in total. The maximum Gasteiger partial charge on any atom is 0.262 e. The van der Waals surface area contributed by atoms with Crippen molar-refractivity contribution in [2.24, 2.45) is 5.92 Å². The van der Waals surface area contributed by atoms with E-state index >= 15 is 0 Å². The van der Waals surface area contributed by atoms with E-state index in [2.05, 4.69) is 19.9 Å². The first-order chi connectivity index (χ1) is 14.3. The zero-order chi connectivity index (χ0) is 21.4. The molecule has 1 atom stereocenters. The largest absolute Gasteiger partial charge is 0.311 e. The highest BCUT2D eigenvalue weighted by molar-refractivity contribution is 8.00. The number of fused-ring (bicyclic) bond motifs is 2. The maximum absolute atomic E-state index is 13.2. The lowest BCUT2D eigenvalue weighted by molar-refractivity contribution is -0.117. The fourth-order valence-corrected chi connectivity index (χ4v) is 4.94. The van der Waals surface area contributed by atoms with Crippen LogP contribution in [0.25, 0.3) is 10.9 Å². The number of aromatic nitrogens is 2. The van der Waals surface area contributed by atoms with E-state index in [0.29, 0.717) is 34.2 Å². The molecule has 3 aromatic rings. The molecular weight excluding hydrogens is 418 g/mol. The molecule has 4 rings (SSSR count). The van der Waals surface area contributed by atoms with Gasteiger partial charge in [-0.1, -0.05) is 55.4 Å². The van der Waals surface area contributed by atoms with E-state index in [1.54, 1.807) is 22.8 Å². The van der Waals surface area contributed by atoms with Gasteiger partial charge in [0.2, 0.25) is 5.91 Å². The second-order valence-corrected chi connectivity index (χ2v) is 9.74. The number of rotatable bonds is 5. The van der Waals surface area contributed by atoms with Crippen LogP contribution in [0.2, 0.25) is 5.02 Å². The summed E-state index contributed by atoms with van der Waals surface area (Å²) in [6, 6.07) is 13.2. The quantitative estimate of drug-likeness (QED) is 0.422. The number of nitrogens with zero attached hydrogens (tertiary/aromatic N) is 3. The predicted octanol–water partition coefficient (Wildman–Crippen LogP) is 4.78. The highest BCUT2D eigenvalue weighted by Gasteiger charge is 2.29. The molecule has 0 bridgehead atoms. The van der Waals surface area contributed by atoms with Crippen LogP contribution in [-0.2, 0) is 17.8 Å². The number of hydrogen-bond donors (Lipinski definition) is 0. The Balaban J connectivity index is 1.68. The molecule has 1 aromatic heterocycles. The van der Waals surface area contributed by atoms with Gasteiger partial charge >= 0.3 is 0 Å². The summed E-state index contributed by atoms with van der Waals surface area (Å²) >= 11 is 7.44. The van der Waals surface area contributed by atoms with Crippen molar-refractivity contribution in [1.29, 1.82) is 0 Å². The number of para-hydroxylation sites is 1. The van der Waals surface area contributed by atoms with Gasteiger partial charge in [-0.05, 0) is 49.1 Å². The second-order valence-electron chi connectivity index (χ2n) is 7.99. The number of halogens is 1. The van der Waals surface area contributed by atoms with Gasteiger partial charge in [0.25, 0.3) is 5.56 Å². The fourth-order valence-electron chi connectivity index (χ4n) is 3.78. The molecule has 0 aliphatic carbocycles. The van der Waals surface area contributed by atoms with E-state index in [1.807, 2.05) is 30.0 Å². The fraction of sp³-hybridized carbons (Fsp3) is 0.348. The van der Waals surface area contributed by atoms with Gasteiger partial charge in [-0.2, -0.15) is 0 Å². The molecule has 30 heavy (non-hydrogen) atoms. The Morgan fingerprint density at radius 2 is 1.97 bits per heavy atom. The minimum Gasteiger partial charge on any atom is -0.311 e. The van der Waals surface area contributed by atoms with Crippen LogP contribution >= 0.6 is 23.4 Å². The molecule has 0 saturated carbocycles. The standard InChI is InChI=1S/C23H24ClN3O2S/c1-14(2)13-27-22(29)18-12-17(24)8-9-19(18)25-23(27)30-15(3)21(28)26-11-10-16-6-4-5-7-20(16)26/h4-9,12,14-15H,10-11,13H2,1-3H3. The second kappa shape index (κ2) is 8.44. The van der Waals surface area contributed by atoms with E-state index in [0.717, 1.165) is 12.1 Å². The van der Waals surface area contributed by atoms with Crippen molar-refractivity contribution in [1.82, 2.24) is 9.55 Å². The molecular formula is C23H24ClN3O2S. The first-order valence-electron chi connectivity index (χ1n) is 10.1. The Hall–Kier alpha value is -2.31. The van der Waals surface area contributed by atoms with E-state index in [9.17, 15) is 9.59 Å². The molecule has 1 aliphatic heterocycles. The van der Waals surface area contributed by atoms with Crippen molar-refractivity contribution in [3.8, 4) is 0 Å². The van der Waals surface area contributed by atoms with Gasteiger partial charge in [0.1, 0.15) is 0 Å². The van der Waals surface area contributed by atoms with Gasteiger partial charge in [0.05, 0.1) is 16.2 Å². The molecule has 2 aromatic carbocycles. The van der Waals surface area contributed by atoms with Gasteiger partial charge in [-0.3, -0.25) is 14.2 Å². The summed E-state index contributed by atoms with van der Waals surface area (Å²) in [6.45, 7) is 7.21. The van der Waals surface area contributed by atoms with Crippen LogP contribution in [0.15, 0.2) is 52.4 Å². The van der Waals surface area contributed by atoms with Gasteiger partial charge < -0.3 is 4.90 Å². The number of amides is 1. The van der Waals surface area contributed by atoms with Crippen LogP contribution in [0.3, 0.4) is 0 Å². The van der Waals surface area contributed by atoms with E-state index in [4.69, 9.17) is 16.6 Å². The number of carbonyl (C=O) groups is 1. The summed E-state index contributed by atoms with van der Waals surface area (Å²) in [6.07, 6.45) is 0.867. The SMILES string of the molecule is CC(C)Cn1c(SC(C)C(=O)N2CCc3ccccc32)nc2ccc(Cl)cc2c1=O. The van der Waals surface area contributed by atoms with Crippen molar-refractivity contribution < 1.29 is 4.79 Å². The van der Waals surface area contributed by atoms with Crippen LogP contribution in [0.1, 0.15) is 26.3 Å². The van der Waals surface area contributed by atoms with Crippen LogP contribution in [-0.4, -0.2) is 27.3 Å². The molecule has 0 radical (unpaired) electrons. The lowest BCUT2D eigenvalue weighted by Crippen LogP contribution is -2.36. The average Bonchev–Trinajstić information content (AvgIpc) is 3.14. The monoisotopic (exact) mass is 441 g/mol. The maximum atomic E-state index is 13.2. The van der Waals surface area contributed by atoms with E-state index < -0.39 is 0 Å². The van der Waals surface area contributed by atoms with Crippen LogP contribution in [0.5, 0.6) is 0 Å². The summed E-state index contributed by atoms with van der Waals surface area (Å²) < 4.78 is 1.68. The van der Waals surface area contributed by atoms with Gasteiger partial charge in [-0.15, -0.1) is 0 Å². The Labute approximate surface area is 185 Å². The minimum absolute atomic E-state index is 0.0338. The molecule has 156 valence electrons. The van der Waals surface area contributed by atoms with Crippen LogP contribution in [0, 0.1) is 5.92 Å². The molecule has 7 heteroatoms. The van der Waals surface area contributed by atoms with Crippen molar-refractivity contribution in [3.63, 3.8) is 0 Å². The third-order valence-corrected chi connectivity index (χ3v) is 6.52. The summed E-state index contributed by atoms with van der Waals surface area (Å²) in [5.74, 6) is 0.295. The number of hydrogen-bond acceptors (Lipinski definition) is 4. The molecule has 0 spiro atoms. The third-order valence-electron chi connectivity index (χ3n) is 5.21. The Morgan fingerprint density at radius 3 is 2.73 bits per heavy atom. The van der Waals surface area contributed by atoms with Crippen LogP contribution < -0.4 is 10.5 Å². The first-order valence-corrected chi connectivity index (χ1v) is 11.4. The molecule has 2 heterocycles. The van der Waals surface area contributed by atoms with Gasteiger partial charge in [0.15, 0.2) is 5.16 Å². The molecule has 0 saturated heterocycles. The molecule has 0 N–H and O–H groups in total. The number of benzene rings is 2. The van der Waals surface area contributed by atoms with Crippen LogP contribution in [0.4, 0.5) is 5.69 Å². The highest BCUT2D eigenvalue weighted by atomic mass is 35.5. The number of carbonyl (C=O) groups excluding carboxylic acids is 1. The predicted molar refractivity (Wildman–Crippen MR) is 124 cm³/mol. The molecule has 0 fully saturated rings. The van der Waals surface area contributed by atoms with Gasteiger partial charge in [0, 0.05) is 23.8 Å². The Kier molecular flexibility index (Phi) is 5.89. The van der Waals surface area contributed by atoms with Crippen molar-refractivity contribution in [3.05, 3.63) is 63.4 Å². The van der Waals surface area contributed by atoms with E-state index in [-0.39, 0.29) is 22.6 Å². The van der Waals surface area contributed by atoms with Gasteiger partial charge in [-0.25, -0.2) is 4.98 Å². The lowest BCUT2D eigenvalue weighted by atomic mass is 10.2. The molecule has 1 unspecified atom stereocenters. The minimum atomic E-state index is -0.369. The number of thioether (sulfide) groups is 1. The van der Waals surface area contributed by atoms with Crippen molar-refractivity contribution in [2.75, 3.05) is 11.4 Å². The Morgan fingerprint density at radius 1 is 1.20 bits per heavy atom. The summed E-state index contributed by atoms with van der Waals surface area (Å²) in [5.41, 5.74) is 2.65. The van der Waals surface area contributed by atoms with E-state index in [1.165, 1.54) is 17.3 Å². The molecule has 1 aliphatic rings. The zero-order valence-corrected chi connectivity index (χ0v) is 18.8. The highest BCUT2D eigenvalue weighted by Crippen LogP contribution is 2.31. The summed E-state index contributed by atoms with van der Waals surface area (Å²) in [5, 5.41) is 1.21. The Bertz CT molecular complexity index is 1170. The topological polar surface area (TPSA) is 55.2 Å². The van der Waals surface area contributed by atoms with Crippen molar-refractivity contribution >= 4 is 45.9 Å². The van der Waals surface area contributed by atoms with Crippen molar-refractivity contribution in [2.45, 2.75) is 44.1 Å². The lowest BCUT2D eigenvalue weighted by Gasteiger charge is -2.22. The zero-order valence-electron chi connectivity index (χ0n) is 17.3. The third kappa shape index (κ3) is 3.98. The first kappa shape index (κ1) is 20.9. The average molecular weight is 442 g/mol.